The first-order valence-corrected chi connectivity index (χ1v) is 7.78. The van der Waals surface area contributed by atoms with Crippen LogP contribution in [0.4, 0.5) is 5.69 Å². The van der Waals surface area contributed by atoms with Crippen LogP contribution in [-0.4, -0.2) is 12.5 Å². The Bertz CT molecular complexity index is 664. The van der Waals surface area contributed by atoms with Gasteiger partial charge in [-0.05, 0) is 57.9 Å². The minimum Gasteiger partial charge on any atom is -0.387 e. The SMILES string of the molecule is NCC(C(=O)Nc1ccc2c(c1)C=CNC2)c1ccsc1. The fourth-order valence-electron chi connectivity index (χ4n) is 2.40. The number of thiophene rings is 1. The molecular formula is C16H17N3OS. The molecule has 4 nitrogen and oxygen atoms in total. The maximum atomic E-state index is 12.4. The third-order valence-electron chi connectivity index (χ3n) is 3.58. The molecule has 1 aromatic carbocycles. The summed E-state index contributed by atoms with van der Waals surface area (Å²) in [6.45, 7) is 1.12. The molecule has 0 bridgehead atoms. The normalized spacial score (nSPS) is 14.1. The molecule has 0 fully saturated rings. The number of anilines is 1. The van der Waals surface area contributed by atoms with E-state index in [9.17, 15) is 4.79 Å². The maximum absolute atomic E-state index is 12.4. The number of rotatable bonds is 4. The third-order valence-corrected chi connectivity index (χ3v) is 4.29. The summed E-state index contributed by atoms with van der Waals surface area (Å²) in [5.74, 6) is -0.363. The first-order chi connectivity index (χ1) is 10.3. The zero-order chi connectivity index (χ0) is 14.7. The van der Waals surface area contributed by atoms with Crippen LogP contribution in [0.5, 0.6) is 0 Å². The molecule has 108 valence electrons. The molecule has 1 aromatic heterocycles. The smallest absolute Gasteiger partial charge is 0.233 e. The summed E-state index contributed by atoms with van der Waals surface area (Å²) in [4.78, 5) is 12.4. The Morgan fingerprint density at radius 1 is 1.43 bits per heavy atom. The van der Waals surface area contributed by atoms with Crippen LogP contribution in [0.3, 0.4) is 0 Å². The van der Waals surface area contributed by atoms with Crippen LogP contribution in [0.1, 0.15) is 22.6 Å². The van der Waals surface area contributed by atoms with Crippen LogP contribution in [0.2, 0.25) is 0 Å². The van der Waals surface area contributed by atoms with Crippen LogP contribution in [-0.2, 0) is 11.3 Å². The lowest BCUT2D eigenvalue weighted by atomic mass is 10.0. The van der Waals surface area contributed by atoms with Crippen molar-refractivity contribution in [2.24, 2.45) is 5.73 Å². The number of amides is 1. The second-order valence-corrected chi connectivity index (χ2v) is 5.74. The van der Waals surface area contributed by atoms with E-state index in [0.29, 0.717) is 6.54 Å². The Morgan fingerprint density at radius 2 is 2.33 bits per heavy atom. The van der Waals surface area contributed by atoms with Crippen LogP contribution in [0, 0.1) is 0 Å². The van der Waals surface area contributed by atoms with E-state index in [1.54, 1.807) is 11.3 Å². The molecule has 2 aromatic rings. The van der Waals surface area contributed by atoms with Crippen molar-refractivity contribution in [3.8, 4) is 0 Å². The van der Waals surface area contributed by atoms with E-state index in [0.717, 1.165) is 23.4 Å². The van der Waals surface area contributed by atoms with Gasteiger partial charge in [-0.1, -0.05) is 6.07 Å². The highest BCUT2D eigenvalue weighted by atomic mass is 32.1. The molecule has 1 aliphatic rings. The fraction of sp³-hybridized carbons (Fsp3) is 0.188. The van der Waals surface area contributed by atoms with Crippen molar-refractivity contribution in [1.29, 1.82) is 0 Å². The molecule has 0 saturated carbocycles. The Balaban J connectivity index is 1.77. The zero-order valence-corrected chi connectivity index (χ0v) is 12.3. The van der Waals surface area contributed by atoms with E-state index in [-0.39, 0.29) is 11.8 Å². The molecule has 0 radical (unpaired) electrons. The standard InChI is InChI=1S/C16H17N3OS/c17-8-15(13-4-6-21-10-13)16(20)19-14-2-1-12-9-18-5-3-11(12)7-14/h1-7,10,15,18H,8-9,17H2,(H,19,20). The van der Waals surface area contributed by atoms with Crippen molar-refractivity contribution in [2.75, 3.05) is 11.9 Å². The van der Waals surface area contributed by atoms with Gasteiger partial charge in [0, 0.05) is 18.8 Å². The predicted molar refractivity (Wildman–Crippen MR) is 87.1 cm³/mol. The van der Waals surface area contributed by atoms with Gasteiger partial charge in [0.05, 0.1) is 5.92 Å². The minimum atomic E-state index is -0.301. The summed E-state index contributed by atoms with van der Waals surface area (Å²) in [5, 5.41) is 10.1. The van der Waals surface area contributed by atoms with Crippen molar-refractivity contribution in [1.82, 2.24) is 5.32 Å². The molecule has 3 rings (SSSR count). The van der Waals surface area contributed by atoms with E-state index in [4.69, 9.17) is 5.73 Å². The third kappa shape index (κ3) is 2.99. The predicted octanol–water partition coefficient (Wildman–Crippen LogP) is 2.50. The van der Waals surface area contributed by atoms with Gasteiger partial charge in [0.2, 0.25) is 5.91 Å². The molecule has 0 spiro atoms. The number of carbonyl (C=O) groups excluding carboxylic acids is 1. The lowest BCUT2D eigenvalue weighted by Gasteiger charge is -2.16. The van der Waals surface area contributed by atoms with Crippen molar-refractivity contribution < 1.29 is 4.79 Å². The zero-order valence-electron chi connectivity index (χ0n) is 11.5. The molecule has 5 heteroatoms. The first kappa shape index (κ1) is 13.9. The Kier molecular flexibility index (Phi) is 4.03. The van der Waals surface area contributed by atoms with Crippen LogP contribution in [0.15, 0.2) is 41.2 Å². The van der Waals surface area contributed by atoms with Gasteiger partial charge in [-0.15, -0.1) is 0 Å². The number of fused-ring (bicyclic) bond motifs is 1. The van der Waals surface area contributed by atoms with Crippen molar-refractivity contribution in [3.63, 3.8) is 0 Å². The molecule has 4 N–H and O–H groups in total. The highest BCUT2D eigenvalue weighted by Crippen LogP contribution is 2.23. The van der Waals surface area contributed by atoms with E-state index >= 15 is 0 Å². The molecule has 1 atom stereocenters. The summed E-state index contributed by atoms with van der Waals surface area (Å²) in [6.07, 6.45) is 3.93. The minimum absolute atomic E-state index is 0.0613. The lowest BCUT2D eigenvalue weighted by Crippen LogP contribution is -2.27. The van der Waals surface area contributed by atoms with Gasteiger partial charge in [0.15, 0.2) is 0 Å². The molecule has 1 unspecified atom stereocenters. The molecule has 0 aliphatic carbocycles. The lowest BCUT2D eigenvalue weighted by molar-refractivity contribution is -0.117. The number of carbonyl (C=O) groups is 1. The number of benzene rings is 1. The second kappa shape index (κ2) is 6.11. The molecule has 21 heavy (non-hydrogen) atoms. The van der Waals surface area contributed by atoms with Gasteiger partial charge in [-0.2, -0.15) is 11.3 Å². The molecule has 0 saturated heterocycles. The summed E-state index contributed by atoms with van der Waals surface area (Å²) >= 11 is 1.57. The fourth-order valence-corrected chi connectivity index (χ4v) is 3.12. The number of nitrogens with two attached hydrogens (primary N) is 1. The van der Waals surface area contributed by atoms with E-state index in [2.05, 4.69) is 10.6 Å². The number of hydrogen-bond donors (Lipinski definition) is 3. The van der Waals surface area contributed by atoms with Crippen LogP contribution in [0.25, 0.3) is 6.08 Å². The van der Waals surface area contributed by atoms with Crippen LogP contribution >= 0.6 is 11.3 Å². The van der Waals surface area contributed by atoms with Gasteiger partial charge in [0.1, 0.15) is 0 Å². The number of nitrogens with one attached hydrogen (secondary N) is 2. The highest BCUT2D eigenvalue weighted by molar-refractivity contribution is 7.08. The number of hydrogen-bond acceptors (Lipinski definition) is 4. The Morgan fingerprint density at radius 3 is 3.10 bits per heavy atom. The van der Waals surface area contributed by atoms with Gasteiger partial charge in [-0.3, -0.25) is 4.79 Å². The van der Waals surface area contributed by atoms with Crippen LogP contribution < -0.4 is 16.4 Å². The van der Waals surface area contributed by atoms with Gasteiger partial charge < -0.3 is 16.4 Å². The Labute approximate surface area is 127 Å². The summed E-state index contributed by atoms with van der Waals surface area (Å²) in [7, 11) is 0. The van der Waals surface area contributed by atoms with Crippen molar-refractivity contribution in [2.45, 2.75) is 12.5 Å². The quantitative estimate of drug-likeness (QED) is 0.812. The van der Waals surface area contributed by atoms with E-state index < -0.39 is 0 Å². The molecular weight excluding hydrogens is 282 g/mol. The highest BCUT2D eigenvalue weighted by Gasteiger charge is 2.19. The average Bonchev–Trinajstić information content (AvgIpc) is 3.02. The van der Waals surface area contributed by atoms with Gasteiger partial charge >= 0.3 is 0 Å². The Hall–Kier alpha value is -2.11. The topological polar surface area (TPSA) is 67.2 Å². The molecule has 1 aliphatic heterocycles. The van der Waals surface area contributed by atoms with Crippen molar-refractivity contribution >= 4 is 29.0 Å². The monoisotopic (exact) mass is 299 g/mol. The van der Waals surface area contributed by atoms with E-state index in [1.807, 2.05) is 47.3 Å². The summed E-state index contributed by atoms with van der Waals surface area (Å²) in [5.41, 5.74) is 9.89. The maximum Gasteiger partial charge on any atom is 0.233 e. The first-order valence-electron chi connectivity index (χ1n) is 6.84. The van der Waals surface area contributed by atoms with E-state index in [1.165, 1.54) is 5.56 Å². The summed E-state index contributed by atoms with van der Waals surface area (Å²) in [6, 6.07) is 7.90. The molecule has 2 heterocycles. The van der Waals surface area contributed by atoms with Gasteiger partial charge in [0.25, 0.3) is 0 Å². The van der Waals surface area contributed by atoms with Gasteiger partial charge in [-0.25, -0.2) is 0 Å². The largest absolute Gasteiger partial charge is 0.387 e. The summed E-state index contributed by atoms with van der Waals surface area (Å²) < 4.78 is 0. The second-order valence-electron chi connectivity index (χ2n) is 4.96. The molecule has 1 amide bonds. The van der Waals surface area contributed by atoms with Crippen molar-refractivity contribution in [3.05, 3.63) is 57.9 Å². The average molecular weight is 299 g/mol.